The number of fused-ring (bicyclic) bond motifs is 1. The van der Waals surface area contributed by atoms with E-state index in [4.69, 9.17) is 22.1 Å². The molecule has 10 nitrogen and oxygen atoms in total. The van der Waals surface area contributed by atoms with Crippen molar-refractivity contribution >= 4 is 29.1 Å². The van der Waals surface area contributed by atoms with Gasteiger partial charge in [0, 0.05) is 42.0 Å². The van der Waals surface area contributed by atoms with Crippen LogP contribution in [0.2, 0.25) is 5.02 Å². The molecule has 2 atom stereocenters. The summed E-state index contributed by atoms with van der Waals surface area (Å²) in [5.74, 6) is 1.41. The first kappa shape index (κ1) is 26.1. The average Bonchev–Trinajstić information content (AvgIpc) is 3.25. The summed E-state index contributed by atoms with van der Waals surface area (Å²) in [5, 5.41) is 11.8. The Balaban J connectivity index is 1.83. The third-order valence-electron chi connectivity index (χ3n) is 6.37. The number of pyridine rings is 1. The number of hydrazine groups is 1. The summed E-state index contributed by atoms with van der Waals surface area (Å²) in [7, 11) is 3.37. The first-order chi connectivity index (χ1) is 17.7. The van der Waals surface area contributed by atoms with Crippen molar-refractivity contribution in [2.24, 2.45) is 0 Å². The second-order valence-corrected chi connectivity index (χ2v) is 9.33. The van der Waals surface area contributed by atoms with Crippen molar-refractivity contribution in [2.45, 2.75) is 39.3 Å². The number of carbonyl (C=O) groups excluding carboxylic acids is 1. The van der Waals surface area contributed by atoms with Crippen LogP contribution in [0.4, 0.5) is 11.6 Å². The Morgan fingerprint density at radius 1 is 1.35 bits per heavy atom. The lowest BCUT2D eigenvalue weighted by atomic mass is 9.94. The second kappa shape index (κ2) is 10.6. The van der Waals surface area contributed by atoms with Gasteiger partial charge in [0.1, 0.15) is 23.6 Å². The lowest BCUT2D eigenvalue weighted by molar-refractivity contribution is 0.0822. The molecule has 1 amide bonds. The van der Waals surface area contributed by atoms with Crippen LogP contribution in [0, 0.1) is 18.3 Å². The number of carbonyl (C=O) groups is 1. The molecule has 3 heterocycles. The highest BCUT2D eigenvalue weighted by Gasteiger charge is 2.36. The quantitative estimate of drug-likeness (QED) is 0.469. The van der Waals surface area contributed by atoms with E-state index in [0.717, 1.165) is 22.3 Å². The molecule has 11 heteroatoms. The highest BCUT2D eigenvalue weighted by Crippen LogP contribution is 2.46. The van der Waals surface area contributed by atoms with Crippen LogP contribution in [-0.4, -0.2) is 46.5 Å². The molecule has 3 N–H and O–H groups in total. The number of benzene rings is 1. The van der Waals surface area contributed by atoms with Gasteiger partial charge < -0.3 is 15.4 Å². The van der Waals surface area contributed by atoms with E-state index < -0.39 is 0 Å². The SMILES string of the molecule is CCOc1c(C(C)N2NC(CC#N)c3c(N)ncnc32)cc(Cl)c(C)c1-c1ccc(C(=O)N(C)C)nc1. The minimum absolute atomic E-state index is 0.180. The number of aromatic nitrogens is 3. The van der Waals surface area contributed by atoms with Gasteiger partial charge in [-0.25, -0.2) is 15.4 Å². The van der Waals surface area contributed by atoms with Crippen LogP contribution >= 0.6 is 11.6 Å². The maximum absolute atomic E-state index is 12.3. The molecule has 0 saturated carbocycles. The molecule has 37 heavy (non-hydrogen) atoms. The van der Waals surface area contributed by atoms with Crippen molar-refractivity contribution in [3.8, 4) is 22.9 Å². The Hall–Kier alpha value is -3.94. The van der Waals surface area contributed by atoms with Crippen LogP contribution in [0.1, 0.15) is 59.5 Å². The van der Waals surface area contributed by atoms with E-state index in [2.05, 4.69) is 26.4 Å². The molecular weight excluding hydrogens is 492 g/mol. The van der Waals surface area contributed by atoms with Gasteiger partial charge in [0.15, 0.2) is 5.82 Å². The highest BCUT2D eigenvalue weighted by atomic mass is 35.5. The smallest absolute Gasteiger partial charge is 0.271 e. The Bertz CT molecular complexity index is 1370. The monoisotopic (exact) mass is 520 g/mol. The van der Waals surface area contributed by atoms with Gasteiger partial charge in [0.2, 0.25) is 0 Å². The molecule has 0 saturated heterocycles. The average molecular weight is 521 g/mol. The standard InChI is InChI=1S/C26H29ClN8O2/c1-6-37-23-17(15(3)35-25-22(19(33-35)9-10-28)24(29)31-13-32-25)11-18(27)14(2)21(23)16-7-8-20(30-12-16)26(36)34(4)5/h7-8,11-13,15,19,33H,6,9H2,1-5H3,(H2,29,31,32). The normalized spacial score (nSPS) is 15.2. The minimum atomic E-state index is -0.342. The summed E-state index contributed by atoms with van der Waals surface area (Å²) in [6, 6.07) is 6.97. The molecule has 0 radical (unpaired) electrons. The highest BCUT2D eigenvalue weighted by molar-refractivity contribution is 6.32. The number of hydrogen-bond acceptors (Lipinski definition) is 9. The molecular formula is C26H29ClN8O2. The van der Waals surface area contributed by atoms with Gasteiger partial charge >= 0.3 is 0 Å². The summed E-state index contributed by atoms with van der Waals surface area (Å²) in [6.07, 6.45) is 3.27. The molecule has 1 aromatic carbocycles. The number of nitrogen functional groups attached to an aromatic ring is 1. The van der Waals surface area contributed by atoms with Crippen LogP contribution in [0.15, 0.2) is 30.7 Å². The molecule has 1 aliphatic rings. The molecule has 3 aromatic rings. The van der Waals surface area contributed by atoms with E-state index in [-0.39, 0.29) is 24.4 Å². The number of nitrogens with two attached hydrogens (primary N) is 1. The van der Waals surface area contributed by atoms with Gasteiger partial charge in [0.25, 0.3) is 5.91 Å². The zero-order chi connectivity index (χ0) is 26.9. The predicted molar refractivity (Wildman–Crippen MR) is 142 cm³/mol. The summed E-state index contributed by atoms with van der Waals surface area (Å²) in [5.41, 5.74) is 13.8. The van der Waals surface area contributed by atoms with Crippen LogP contribution in [0.5, 0.6) is 5.75 Å². The lowest BCUT2D eigenvalue weighted by Gasteiger charge is -2.30. The molecule has 2 unspecified atom stereocenters. The van der Waals surface area contributed by atoms with E-state index in [1.807, 2.05) is 37.9 Å². The molecule has 0 fully saturated rings. The van der Waals surface area contributed by atoms with Gasteiger partial charge in [-0.3, -0.25) is 14.8 Å². The number of rotatable bonds is 7. The van der Waals surface area contributed by atoms with E-state index >= 15 is 0 Å². The Labute approximate surface area is 221 Å². The van der Waals surface area contributed by atoms with Gasteiger partial charge in [-0.1, -0.05) is 17.7 Å². The minimum Gasteiger partial charge on any atom is -0.493 e. The Morgan fingerprint density at radius 2 is 2.11 bits per heavy atom. The molecule has 0 spiro atoms. The van der Waals surface area contributed by atoms with Gasteiger partial charge in [-0.15, -0.1) is 0 Å². The van der Waals surface area contributed by atoms with Gasteiger partial charge in [-0.05, 0) is 38.5 Å². The maximum atomic E-state index is 12.3. The number of nitrogens with zero attached hydrogens (tertiary/aromatic N) is 6. The van der Waals surface area contributed by atoms with E-state index in [9.17, 15) is 10.1 Å². The zero-order valence-corrected chi connectivity index (χ0v) is 22.2. The van der Waals surface area contributed by atoms with Crippen LogP contribution in [-0.2, 0) is 0 Å². The topological polar surface area (TPSA) is 133 Å². The Kier molecular flexibility index (Phi) is 7.47. The fraction of sp³-hybridized carbons (Fsp3) is 0.346. The van der Waals surface area contributed by atoms with Gasteiger partial charge in [-0.2, -0.15) is 5.26 Å². The fourth-order valence-electron chi connectivity index (χ4n) is 4.49. The molecule has 1 aliphatic heterocycles. The van der Waals surface area contributed by atoms with Crippen LogP contribution in [0.3, 0.4) is 0 Å². The number of anilines is 2. The number of halogens is 1. The molecule has 0 bridgehead atoms. The third-order valence-corrected chi connectivity index (χ3v) is 6.76. The van der Waals surface area contributed by atoms with Crippen molar-refractivity contribution in [1.29, 1.82) is 5.26 Å². The molecule has 4 rings (SSSR count). The largest absolute Gasteiger partial charge is 0.493 e. The number of amides is 1. The maximum Gasteiger partial charge on any atom is 0.271 e. The molecule has 0 aliphatic carbocycles. The number of nitrogens with one attached hydrogen (secondary N) is 1. The molecule has 192 valence electrons. The van der Waals surface area contributed by atoms with E-state index in [0.29, 0.717) is 40.3 Å². The summed E-state index contributed by atoms with van der Waals surface area (Å²) < 4.78 is 6.22. The van der Waals surface area contributed by atoms with Crippen molar-refractivity contribution in [1.82, 2.24) is 25.3 Å². The first-order valence-corrected chi connectivity index (χ1v) is 12.2. The zero-order valence-electron chi connectivity index (χ0n) is 21.4. The van der Waals surface area contributed by atoms with Crippen LogP contribution in [0.25, 0.3) is 11.1 Å². The van der Waals surface area contributed by atoms with E-state index in [1.165, 1.54) is 11.2 Å². The van der Waals surface area contributed by atoms with Crippen LogP contribution < -0.4 is 20.9 Å². The summed E-state index contributed by atoms with van der Waals surface area (Å²) >= 11 is 6.75. The Morgan fingerprint density at radius 3 is 2.73 bits per heavy atom. The predicted octanol–water partition coefficient (Wildman–Crippen LogP) is 4.22. The van der Waals surface area contributed by atoms with Crippen molar-refractivity contribution in [3.05, 3.63) is 58.1 Å². The lowest BCUT2D eigenvalue weighted by Crippen LogP contribution is -2.37. The van der Waals surface area contributed by atoms with Crippen molar-refractivity contribution in [2.75, 3.05) is 31.4 Å². The van der Waals surface area contributed by atoms with Crippen molar-refractivity contribution in [3.63, 3.8) is 0 Å². The number of ether oxygens (including phenoxy) is 1. The number of hydrogen-bond donors (Lipinski definition) is 2. The van der Waals surface area contributed by atoms with E-state index in [1.54, 1.807) is 26.4 Å². The van der Waals surface area contributed by atoms with Crippen molar-refractivity contribution < 1.29 is 9.53 Å². The third kappa shape index (κ3) is 4.75. The second-order valence-electron chi connectivity index (χ2n) is 8.93. The molecule has 2 aromatic heterocycles. The summed E-state index contributed by atoms with van der Waals surface area (Å²) in [4.78, 5) is 26.8. The first-order valence-electron chi connectivity index (χ1n) is 11.9. The van der Waals surface area contributed by atoms with Gasteiger partial charge in [0.05, 0.1) is 36.7 Å². The summed E-state index contributed by atoms with van der Waals surface area (Å²) in [6.45, 7) is 6.26. The fourth-order valence-corrected chi connectivity index (χ4v) is 4.70. The number of nitriles is 1.